The fraction of sp³-hybridized carbons (Fsp3) is 0.500. The van der Waals surface area contributed by atoms with Crippen molar-refractivity contribution in [1.29, 1.82) is 0 Å². The van der Waals surface area contributed by atoms with Crippen molar-refractivity contribution < 1.29 is 81.1 Å². The van der Waals surface area contributed by atoms with E-state index in [4.69, 9.17) is 20.4 Å². The van der Waals surface area contributed by atoms with Crippen LogP contribution in [0.2, 0.25) is 0 Å². The van der Waals surface area contributed by atoms with E-state index in [9.17, 15) is 39.6 Å². The van der Waals surface area contributed by atoms with Crippen LogP contribution in [0, 0.1) is 0 Å². The summed E-state index contributed by atoms with van der Waals surface area (Å²) in [6, 6.07) is 0. The van der Waals surface area contributed by atoms with E-state index >= 15 is 0 Å². The van der Waals surface area contributed by atoms with Crippen molar-refractivity contribution in [3.63, 3.8) is 0 Å². The molecule has 0 radical (unpaired) electrons. The molecule has 0 amide bonds. The van der Waals surface area contributed by atoms with Gasteiger partial charge in [-0.3, -0.25) is 0 Å². The molecule has 4 unspecified atom stereocenters. The first-order valence-corrected chi connectivity index (χ1v) is 5.15. The summed E-state index contributed by atoms with van der Waals surface area (Å²) in [5.74, 6) is -6.63. The standard InChI is InChI=1S/4C2H5NO3.4H3N.Pt/c4*3-1(4)2(5)6;;;;;/h4*1,4H,3H2,(H,5,6);4*1H3;/q;;;;;;;;+4/p-4. The second kappa shape index (κ2) is 33.7. The minimum Gasteiger partial charge on any atom is -0.546 e. The summed E-state index contributed by atoms with van der Waals surface area (Å²) in [6.45, 7) is 0. The summed E-state index contributed by atoms with van der Waals surface area (Å²) in [4.78, 5) is 36.9. The monoisotopic (exact) mass is 623 g/mol. The average molecular weight is 623 g/mol. The summed E-state index contributed by atoms with van der Waals surface area (Å²) >= 11 is 0. The molecular formula is C8H28N8O12Pt. The van der Waals surface area contributed by atoms with Crippen LogP contribution in [-0.2, 0) is 40.2 Å². The van der Waals surface area contributed by atoms with E-state index in [2.05, 4.69) is 22.9 Å². The fourth-order valence-electron chi connectivity index (χ4n) is 0. The normalized spacial score (nSPS) is 11.3. The minimum absolute atomic E-state index is 0. The molecule has 0 aromatic carbocycles. The second-order valence-electron chi connectivity index (χ2n) is 3.06. The second-order valence-corrected chi connectivity index (χ2v) is 3.06. The zero-order valence-corrected chi connectivity index (χ0v) is 17.1. The summed E-state index contributed by atoms with van der Waals surface area (Å²) < 4.78 is 0. The molecular weight excluding hydrogens is 595 g/mol. The third-order valence-electron chi connectivity index (χ3n) is 0.966. The van der Waals surface area contributed by atoms with Gasteiger partial charge in [-0.25, -0.2) is 0 Å². The molecule has 21 heteroatoms. The largest absolute Gasteiger partial charge is 4.00 e. The van der Waals surface area contributed by atoms with Gasteiger partial charge in [0.1, 0.15) is 24.9 Å². The molecule has 0 aliphatic heterocycles. The van der Waals surface area contributed by atoms with Gasteiger partial charge in [-0.2, -0.15) is 0 Å². The number of aliphatic hydroxyl groups excluding tert-OH is 4. The van der Waals surface area contributed by atoms with Gasteiger partial charge >= 0.3 is 21.1 Å². The number of hydrogen-bond acceptors (Lipinski definition) is 20. The van der Waals surface area contributed by atoms with Crippen LogP contribution in [0.5, 0.6) is 0 Å². The minimum atomic E-state index is -1.84. The third-order valence-corrected chi connectivity index (χ3v) is 0.966. The first-order valence-electron chi connectivity index (χ1n) is 5.15. The van der Waals surface area contributed by atoms with E-state index in [1.165, 1.54) is 0 Å². The van der Waals surface area contributed by atoms with Gasteiger partial charge in [-0.05, 0) is 0 Å². The quantitative estimate of drug-likeness (QED) is 0.129. The Morgan fingerprint density at radius 3 is 0.517 bits per heavy atom. The number of carboxylic acids is 4. The fourth-order valence-corrected chi connectivity index (χ4v) is 0. The number of aliphatic hydroxyl groups is 4. The number of carboxylic acid groups (broad SMARTS) is 4. The molecule has 0 fully saturated rings. The van der Waals surface area contributed by atoms with Gasteiger partial charge in [-0.1, -0.05) is 0 Å². The van der Waals surface area contributed by atoms with Crippen molar-refractivity contribution in [2.24, 2.45) is 22.9 Å². The van der Waals surface area contributed by atoms with Crippen molar-refractivity contribution in [3.8, 4) is 0 Å². The maximum absolute atomic E-state index is 9.21. The zero-order chi connectivity index (χ0) is 20.6. The van der Waals surface area contributed by atoms with Crippen LogP contribution in [0.25, 0.3) is 0 Å². The predicted molar refractivity (Wildman–Crippen MR) is 80.9 cm³/mol. The van der Waals surface area contributed by atoms with E-state index in [-0.39, 0.29) is 45.7 Å². The molecule has 0 aliphatic rings. The Morgan fingerprint density at radius 2 is 0.517 bits per heavy atom. The van der Waals surface area contributed by atoms with Crippen LogP contribution in [-0.4, -0.2) is 69.2 Å². The Balaban J connectivity index is -0.0000000248. The number of rotatable bonds is 4. The van der Waals surface area contributed by atoms with Crippen molar-refractivity contribution in [1.82, 2.24) is 24.6 Å². The first-order chi connectivity index (χ1) is 10.6. The van der Waals surface area contributed by atoms with Gasteiger partial charge in [0.15, 0.2) is 0 Å². The van der Waals surface area contributed by atoms with Gasteiger partial charge < -0.3 is 108 Å². The molecule has 4 atom stereocenters. The van der Waals surface area contributed by atoms with Gasteiger partial charge in [0, 0.05) is 0 Å². The van der Waals surface area contributed by atoms with E-state index in [0.29, 0.717) is 0 Å². The molecule has 20 nitrogen and oxygen atoms in total. The van der Waals surface area contributed by atoms with Crippen LogP contribution < -0.4 is 68.0 Å². The molecule has 182 valence electrons. The average Bonchev–Trinajstić information content (AvgIpc) is 2.40. The molecule has 0 aromatic heterocycles. The number of carbonyl (C=O) groups is 4. The molecule has 0 bridgehead atoms. The van der Waals surface area contributed by atoms with E-state index in [1.54, 1.807) is 0 Å². The maximum atomic E-state index is 9.21. The molecule has 29 heavy (non-hydrogen) atoms. The Labute approximate surface area is 178 Å². The van der Waals surface area contributed by atoms with Gasteiger partial charge in [0.05, 0.1) is 23.9 Å². The van der Waals surface area contributed by atoms with Crippen molar-refractivity contribution in [2.75, 3.05) is 0 Å². The molecule has 0 aromatic rings. The third kappa shape index (κ3) is 76.3. The van der Waals surface area contributed by atoms with Crippen LogP contribution in [0.1, 0.15) is 0 Å². The van der Waals surface area contributed by atoms with Crippen molar-refractivity contribution in [3.05, 3.63) is 0 Å². The van der Waals surface area contributed by atoms with Crippen LogP contribution in [0.3, 0.4) is 0 Å². The number of carbonyl (C=O) groups excluding carboxylic acids is 4. The van der Waals surface area contributed by atoms with E-state index in [1.807, 2.05) is 0 Å². The Morgan fingerprint density at radius 1 is 0.483 bits per heavy atom. The number of aliphatic carboxylic acids is 4. The van der Waals surface area contributed by atoms with Crippen LogP contribution in [0.4, 0.5) is 0 Å². The maximum Gasteiger partial charge on any atom is 4.00 e. The van der Waals surface area contributed by atoms with Gasteiger partial charge in [0.25, 0.3) is 0 Å². The molecule has 0 aliphatic carbocycles. The van der Waals surface area contributed by atoms with Crippen molar-refractivity contribution >= 4 is 23.9 Å². The molecule has 0 spiro atoms. The Bertz CT molecular complexity index is 326. The van der Waals surface area contributed by atoms with E-state index in [0.717, 1.165) is 0 Å². The summed E-state index contributed by atoms with van der Waals surface area (Å²) in [7, 11) is 0. The number of hydrogen-bond donors (Lipinski definition) is 12. The topological polar surface area (TPSA) is 486 Å². The molecule has 24 N–H and O–H groups in total. The SMILES string of the molecule is N.N.N.N.NC(O)C(=O)[O-].NC(O)C(=O)[O-].NC(O)C(=O)[O-].NC(O)C(=O)[O-].[Pt+4]. The number of nitrogens with two attached hydrogens (primary N) is 4. The Hall–Kier alpha value is -1.91. The van der Waals surface area contributed by atoms with Crippen LogP contribution >= 0.6 is 0 Å². The van der Waals surface area contributed by atoms with Gasteiger partial charge in [0.2, 0.25) is 0 Å². The summed E-state index contributed by atoms with van der Waals surface area (Å²) in [5, 5.41) is 67.8. The van der Waals surface area contributed by atoms with Crippen LogP contribution in [0.15, 0.2) is 0 Å². The van der Waals surface area contributed by atoms with E-state index < -0.39 is 48.8 Å². The molecule has 0 heterocycles. The summed E-state index contributed by atoms with van der Waals surface area (Å²) in [5.41, 5.74) is 17.3. The Kier molecular flexibility index (Phi) is 65.4. The molecule has 0 saturated heterocycles. The first kappa shape index (κ1) is 56.3. The smallest absolute Gasteiger partial charge is 0.546 e. The summed E-state index contributed by atoms with van der Waals surface area (Å²) in [6.07, 6.45) is -7.37. The molecule has 0 rings (SSSR count). The predicted octanol–water partition coefficient (Wildman–Crippen LogP) is -11.3. The molecule has 0 saturated carbocycles. The van der Waals surface area contributed by atoms with Gasteiger partial charge in [-0.15, -0.1) is 0 Å². The zero-order valence-electron chi connectivity index (χ0n) is 14.8. The van der Waals surface area contributed by atoms with Crippen molar-refractivity contribution in [2.45, 2.75) is 24.9 Å².